The number of aliphatic carboxylic acids is 1. The van der Waals surface area contributed by atoms with Gasteiger partial charge in [-0.25, -0.2) is 0 Å². The first kappa shape index (κ1) is 14.4. The summed E-state index contributed by atoms with van der Waals surface area (Å²) in [4.78, 5) is 20.6. The van der Waals surface area contributed by atoms with E-state index in [1.165, 1.54) is 0 Å². The van der Waals surface area contributed by atoms with Crippen LogP contribution < -0.4 is 0 Å². The molecule has 3 heteroatoms. The topological polar surface area (TPSA) is 54.4 Å². The van der Waals surface area contributed by atoms with Crippen LogP contribution in [0.1, 0.15) is 42.6 Å². The van der Waals surface area contributed by atoms with E-state index in [1.807, 2.05) is 26.0 Å². The lowest BCUT2D eigenvalue weighted by molar-refractivity contribution is -0.137. The molecule has 0 saturated carbocycles. The fraction of sp³-hybridized carbons (Fsp3) is 0.385. The number of carbonyl (C=O) groups is 2. The second-order valence-corrected chi connectivity index (χ2v) is 3.11. The fourth-order valence-corrected chi connectivity index (χ4v) is 1.21. The van der Waals surface area contributed by atoms with Gasteiger partial charge in [0.15, 0.2) is 0 Å². The van der Waals surface area contributed by atoms with Crippen LogP contribution >= 0.6 is 0 Å². The average Bonchev–Trinajstić information content (AvgIpc) is 2.32. The molecule has 0 atom stereocenters. The molecule has 0 aromatic heterocycles. The van der Waals surface area contributed by atoms with E-state index in [2.05, 4.69) is 0 Å². The van der Waals surface area contributed by atoms with Gasteiger partial charge in [-0.15, -0.1) is 0 Å². The molecule has 0 aliphatic heterocycles. The summed E-state index contributed by atoms with van der Waals surface area (Å²) in [5.41, 5.74) is 1.71. The first-order valence-corrected chi connectivity index (χ1v) is 5.48. The van der Waals surface area contributed by atoms with Gasteiger partial charge >= 0.3 is 5.97 Å². The molecule has 0 aliphatic carbocycles. The number of carboxylic acids is 1. The molecule has 1 aromatic carbocycles. The number of rotatable bonds is 5. The number of aryl methyl sites for hydroxylation is 1. The molecule has 0 heterocycles. The van der Waals surface area contributed by atoms with Gasteiger partial charge in [-0.3, -0.25) is 9.59 Å². The second-order valence-electron chi connectivity index (χ2n) is 3.11. The fourth-order valence-electron chi connectivity index (χ4n) is 1.21. The Morgan fingerprint density at radius 2 is 1.81 bits per heavy atom. The van der Waals surface area contributed by atoms with Gasteiger partial charge in [0.25, 0.3) is 0 Å². The molecule has 1 aromatic rings. The van der Waals surface area contributed by atoms with Crippen LogP contribution in [-0.2, 0) is 11.2 Å². The normalized spacial score (nSPS) is 8.88. The van der Waals surface area contributed by atoms with E-state index in [1.54, 1.807) is 12.1 Å². The molecule has 1 N–H and O–H groups in total. The monoisotopic (exact) mass is 222 g/mol. The highest BCUT2D eigenvalue weighted by Gasteiger charge is 1.98. The van der Waals surface area contributed by atoms with E-state index < -0.39 is 5.97 Å². The maximum atomic E-state index is 10.3. The highest BCUT2D eigenvalue weighted by atomic mass is 16.4. The van der Waals surface area contributed by atoms with Crippen LogP contribution in [0.15, 0.2) is 24.3 Å². The van der Waals surface area contributed by atoms with Crippen molar-refractivity contribution in [3.05, 3.63) is 35.4 Å². The molecular weight excluding hydrogens is 204 g/mol. The summed E-state index contributed by atoms with van der Waals surface area (Å²) in [6.07, 6.45) is 2.36. The van der Waals surface area contributed by atoms with Crippen LogP contribution in [0.3, 0.4) is 0 Å². The van der Waals surface area contributed by atoms with Crippen molar-refractivity contribution in [2.45, 2.75) is 33.1 Å². The van der Waals surface area contributed by atoms with Crippen molar-refractivity contribution in [2.24, 2.45) is 0 Å². The molecule has 0 amide bonds. The number of carboxylic acid groups (broad SMARTS) is 1. The standard InChI is InChI=1S/C11H12O3.C2H6/c12-8-10-6-4-9(5-7-10)2-1-3-11(13)14;1-2/h4-8H,1-3H2,(H,13,14);1-2H3. The highest BCUT2D eigenvalue weighted by molar-refractivity contribution is 5.74. The first-order valence-electron chi connectivity index (χ1n) is 5.48. The number of benzene rings is 1. The SMILES string of the molecule is CC.O=Cc1ccc(CCCC(=O)O)cc1. The molecule has 0 bridgehead atoms. The van der Waals surface area contributed by atoms with Crippen molar-refractivity contribution in [3.8, 4) is 0 Å². The summed E-state index contributed by atoms with van der Waals surface area (Å²) in [5.74, 6) is -0.769. The third kappa shape index (κ3) is 5.96. The van der Waals surface area contributed by atoms with E-state index in [0.717, 1.165) is 18.3 Å². The van der Waals surface area contributed by atoms with Crippen LogP contribution in [0.2, 0.25) is 0 Å². The van der Waals surface area contributed by atoms with Crippen LogP contribution in [-0.4, -0.2) is 17.4 Å². The summed E-state index contributed by atoms with van der Waals surface area (Å²) in [6.45, 7) is 4.00. The van der Waals surface area contributed by atoms with Gasteiger partial charge in [-0.05, 0) is 18.4 Å². The Morgan fingerprint density at radius 3 is 2.25 bits per heavy atom. The zero-order chi connectivity index (χ0) is 12.4. The van der Waals surface area contributed by atoms with Crippen molar-refractivity contribution in [3.63, 3.8) is 0 Å². The Labute approximate surface area is 96.1 Å². The Balaban J connectivity index is 0.00000106. The minimum absolute atomic E-state index is 0.190. The van der Waals surface area contributed by atoms with E-state index in [4.69, 9.17) is 5.11 Å². The van der Waals surface area contributed by atoms with Gasteiger partial charge < -0.3 is 5.11 Å². The molecule has 0 aliphatic rings. The lowest BCUT2D eigenvalue weighted by Gasteiger charge is -1.99. The van der Waals surface area contributed by atoms with Gasteiger partial charge in [0.1, 0.15) is 6.29 Å². The van der Waals surface area contributed by atoms with Crippen LogP contribution in [0, 0.1) is 0 Å². The number of aldehydes is 1. The van der Waals surface area contributed by atoms with Gasteiger partial charge in [0, 0.05) is 12.0 Å². The van der Waals surface area contributed by atoms with E-state index in [-0.39, 0.29) is 6.42 Å². The van der Waals surface area contributed by atoms with Gasteiger partial charge in [-0.1, -0.05) is 38.1 Å². The van der Waals surface area contributed by atoms with Crippen molar-refractivity contribution in [1.82, 2.24) is 0 Å². The molecule has 0 unspecified atom stereocenters. The number of hydrogen-bond acceptors (Lipinski definition) is 2. The minimum atomic E-state index is -0.769. The quantitative estimate of drug-likeness (QED) is 0.779. The van der Waals surface area contributed by atoms with Crippen molar-refractivity contribution in [2.75, 3.05) is 0 Å². The van der Waals surface area contributed by atoms with E-state index in [9.17, 15) is 9.59 Å². The van der Waals surface area contributed by atoms with Crippen molar-refractivity contribution < 1.29 is 14.7 Å². The molecule has 88 valence electrons. The molecule has 0 saturated heterocycles. The molecule has 0 radical (unpaired) electrons. The second kappa shape index (κ2) is 8.65. The molecular formula is C13H18O3. The van der Waals surface area contributed by atoms with Crippen LogP contribution in [0.4, 0.5) is 0 Å². The smallest absolute Gasteiger partial charge is 0.303 e. The maximum Gasteiger partial charge on any atom is 0.303 e. The molecule has 3 nitrogen and oxygen atoms in total. The van der Waals surface area contributed by atoms with Gasteiger partial charge in [-0.2, -0.15) is 0 Å². The van der Waals surface area contributed by atoms with E-state index >= 15 is 0 Å². The highest BCUT2D eigenvalue weighted by Crippen LogP contribution is 2.06. The summed E-state index contributed by atoms with van der Waals surface area (Å²) in [5, 5.41) is 8.43. The third-order valence-corrected chi connectivity index (χ3v) is 1.97. The predicted molar refractivity (Wildman–Crippen MR) is 63.8 cm³/mol. The molecule has 0 fully saturated rings. The first-order chi connectivity index (χ1) is 7.72. The van der Waals surface area contributed by atoms with Crippen molar-refractivity contribution >= 4 is 12.3 Å². The Morgan fingerprint density at radius 1 is 1.25 bits per heavy atom. The molecule has 0 spiro atoms. The molecule has 1 rings (SSSR count). The largest absolute Gasteiger partial charge is 0.481 e. The Kier molecular flexibility index (Phi) is 7.76. The van der Waals surface area contributed by atoms with Crippen LogP contribution in [0.5, 0.6) is 0 Å². The van der Waals surface area contributed by atoms with Crippen molar-refractivity contribution in [1.29, 1.82) is 0 Å². The maximum absolute atomic E-state index is 10.3. The lowest BCUT2D eigenvalue weighted by atomic mass is 10.1. The van der Waals surface area contributed by atoms with Gasteiger partial charge in [0.2, 0.25) is 0 Å². The summed E-state index contributed by atoms with van der Waals surface area (Å²) in [6, 6.07) is 7.18. The number of hydrogen-bond donors (Lipinski definition) is 1. The third-order valence-electron chi connectivity index (χ3n) is 1.97. The Bertz CT molecular complexity index is 314. The minimum Gasteiger partial charge on any atom is -0.481 e. The average molecular weight is 222 g/mol. The molecule has 16 heavy (non-hydrogen) atoms. The Hall–Kier alpha value is -1.64. The summed E-state index contributed by atoms with van der Waals surface area (Å²) < 4.78 is 0. The zero-order valence-corrected chi connectivity index (χ0v) is 9.77. The summed E-state index contributed by atoms with van der Waals surface area (Å²) >= 11 is 0. The summed E-state index contributed by atoms with van der Waals surface area (Å²) in [7, 11) is 0. The lowest BCUT2D eigenvalue weighted by Crippen LogP contribution is -1.95. The van der Waals surface area contributed by atoms with E-state index in [0.29, 0.717) is 12.0 Å². The number of carbonyl (C=O) groups excluding carboxylic acids is 1. The van der Waals surface area contributed by atoms with Gasteiger partial charge in [0.05, 0.1) is 0 Å². The zero-order valence-electron chi connectivity index (χ0n) is 9.77. The van der Waals surface area contributed by atoms with Crippen LogP contribution in [0.25, 0.3) is 0 Å². The predicted octanol–water partition coefficient (Wildman–Crippen LogP) is 2.93.